The van der Waals surface area contributed by atoms with Gasteiger partial charge in [0.2, 0.25) is 0 Å². The highest BCUT2D eigenvalue weighted by molar-refractivity contribution is 9.11. The van der Waals surface area contributed by atoms with E-state index in [9.17, 15) is 0 Å². The Morgan fingerprint density at radius 1 is 1.64 bits per heavy atom. The van der Waals surface area contributed by atoms with Crippen molar-refractivity contribution in [3.63, 3.8) is 0 Å². The monoisotopic (exact) mass is 216 g/mol. The molecule has 0 aromatic heterocycles. The second-order valence-electron chi connectivity index (χ2n) is 3.36. The van der Waals surface area contributed by atoms with Crippen molar-refractivity contribution in [2.24, 2.45) is 5.92 Å². The lowest BCUT2D eigenvalue weighted by Crippen LogP contribution is -2.04. The van der Waals surface area contributed by atoms with Crippen LogP contribution in [0.2, 0.25) is 0 Å². The van der Waals surface area contributed by atoms with Crippen molar-refractivity contribution < 1.29 is 0 Å². The summed E-state index contributed by atoms with van der Waals surface area (Å²) in [6, 6.07) is 0. The number of allylic oxidation sites excluding steroid dienone is 2. The fraction of sp³-hybridized carbons (Fsp3) is 0.800. The molecule has 0 nitrogen and oxygen atoms in total. The number of unbranched alkanes of at least 4 members (excludes halogenated alkanes) is 1. The van der Waals surface area contributed by atoms with Crippen molar-refractivity contribution in [3.8, 4) is 0 Å². The van der Waals surface area contributed by atoms with Crippen LogP contribution in [-0.2, 0) is 0 Å². The summed E-state index contributed by atoms with van der Waals surface area (Å²) in [5, 5.41) is 0. The molecule has 0 amide bonds. The number of halogens is 1. The van der Waals surface area contributed by atoms with E-state index in [2.05, 4.69) is 28.9 Å². The van der Waals surface area contributed by atoms with Gasteiger partial charge in [-0.25, -0.2) is 0 Å². The molecule has 0 radical (unpaired) electrons. The van der Waals surface area contributed by atoms with E-state index >= 15 is 0 Å². The quantitative estimate of drug-likeness (QED) is 0.662. The smallest absolute Gasteiger partial charge is 0.00582 e. The fourth-order valence-electron chi connectivity index (χ4n) is 1.64. The Balaban J connectivity index is 2.31. The van der Waals surface area contributed by atoms with E-state index in [0.717, 1.165) is 5.92 Å². The third-order valence-electron chi connectivity index (χ3n) is 2.39. The van der Waals surface area contributed by atoms with Crippen LogP contribution in [0.3, 0.4) is 0 Å². The minimum absolute atomic E-state index is 0.851. The van der Waals surface area contributed by atoms with Crippen molar-refractivity contribution in [2.75, 3.05) is 0 Å². The summed E-state index contributed by atoms with van der Waals surface area (Å²) in [4.78, 5) is 0. The second kappa shape index (κ2) is 4.97. The van der Waals surface area contributed by atoms with Gasteiger partial charge in [0.05, 0.1) is 0 Å². The lowest BCUT2D eigenvalue weighted by molar-refractivity contribution is 0.481. The lowest BCUT2D eigenvalue weighted by Gasteiger charge is -2.19. The van der Waals surface area contributed by atoms with E-state index in [-0.39, 0.29) is 0 Å². The van der Waals surface area contributed by atoms with Crippen LogP contribution in [0.5, 0.6) is 0 Å². The Morgan fingerprint density at radius 2 is 2.45 bits per heavy atom. The minimum atomic E-state index is 0.851. The Kier molecular flexibility index (Phi) is 4.21. The van der Waals surface area contributed by atoms with Crippen LogP contribution in [0.25, 0.3) is 0 Å². The van der Waals surface area contributed by atoms with E-state index in [1.165, 1.54) is 43.0 Å². The van der Waals surface area contributed by atoms with Crippen LogP contribution in [0.15, 0.2) is 10.6 Å². The van der Waals surface area contributed by atoms with Gasteiger partial charge in [-0.05, 0) is 36.1 Å². The molecule has 1 rings (SSSR count). The first-order valence-corrected chi connectivity index (χ1v) is 5.49. The molecular formula is C10H17Br. The second-order valence-corrected chi connectivity index (χ2v) is 4.27. The van der Waals surface area contributed by atoms with Crippen LogP contribution in [0, 0.1) is 5.92 Å². The first-order valence-electron chi connectivity index (χ1n) is 4.70. The van der Waals surface area contributed by atoms with Gasteiger partial charge in [-0.1, -0.05) is 41.8 Å². The molecule has 0 saturated heterocycles. The zero-order valence-corrected chi connectivity index (χ0v) is 8.86. The Bertz CT molecular complexity index is 138. The van der Waals surface area contributed by atoms with Crippen molar-refractivity contribution in [2.45, 2.75) is 45.4 Å². The molecule has 0 unspecified atom stereocenters. The van der Waals surface area contributed by atoms with Gasteiger partial charge < -0.3 is 0 Å². The molecule has 1 heteroatoms. The van der Waals surface area contributed by atoms with Gasteiger partial charge in [0.25, 0.3) is 0 Å². The summed E-state index contributed by atoms with van der Waals surface area (Å²) >= 11 is 3.65. The molecule has 1 aliphatic carbocycles. The summed E-state index contributed by atoms with van der Waals surface area (Å²) in [5.41, 5.74) is 0. The third-order valence-corrected chi connectivity index (χ3v) is 3.36. The summed E-state index contributed by atoms with van der Waals surface area (Å²) in [7, 11) is 0. The van der Waals surface area contributed by atoms with Gasteiger partial charge >= 0.3 is 0 Å². The molecule has 0 saturated carbocycles. The topological polar surface area (TPSA) is 0 Å². The Labute approximate surface area is 78.2 Å². The highest BCUT2D eigenvalue weighted by Gasteiger charge is 2.14. The Hall–Kier alpha value is 0.220. The molecule has 0 aromatic rings. The van der Waals surface area contributed by atoms with E-state index in [4.69, 9.17) is 0 Å². The molecule has 0 spiro atoms. The summed E-state index contributed by atoms with van der Waals surface area (Å²) in [6.45, 7) is 2.26. The molecule has 0 N–H and O–H groups in total. The standard InChI is InChI=1S/C10H17Br/c1-2-3-6-9-7-4-5-8-10(9)11/h8-9H,2-7H2,1H3/t9-/m0/s1. The number of hydrogen-bond donors (Lipinski definition) is 0. The molecule has 0 heterocycles. The van der Waals surface area contributed by atoms with Crippen LogP contribution in [0.4, 0.5) is 0 Å². The van der Waals surface area contributed by atoms with Crippen molar-refractivity contribution >= 4 is 15.9 Å². The van der Waals surface area contributed by atoms with Crippen LogP contribution in [-0.4, -0.2) is 0 Å². The summed E-state index contributed by atoms with van der Waals surface area (Å²) in [5.74, 6) is 0.851. The average Bonchev–Trinajstić information content (AvgIpc) is 2.03. The SMILES string of the molecule is CCCC[C@H]1CCCC=C1Br. The first kappa shape index (κ1) is 9.31. The van der Waals surface area contributed by atoms with Gasteiger partial charge in [0.1, 0.15) is 0 Å². The van der Waals surface area contributed by atoms with Crippen molar-refractivity contribution in [1.29, 1.82) is 0 Å². The van der Waals surface area contributed by atoms with Gasteiger partial charge in [0, 0.05) is 0 Å². The zero-order chi connectivity index (χ0) is 8.10. The average molecular weight is 217 g/mol. The molecule has 0 aromatic carbocycles. The molecule has 64 valence electrons. The molecule has 0 aliphatic heterocycles. The third kappa shape index (κ3) is 2.98. The highest BCUT2D eigenvalue weighted by atomic mass is 79.9. The highest BCUT2D eigenvalue weighted by Crippen LogP contribution is 2.32. The van der Waals surface area contributed by atoms with Gasteiger partial charge in [-0.3, -0.25) is 0 Å². The maximum absolute atomic E-state index is 3.65. The van der Waals surface area contributed by atoms with Crippen molar-refractivity contribution in [1.82, 2.24) is 0 Å². The van der Waals surface area contributed by atoms with Crippen molar-refractivity contribution in [3.05, 3.63) is 10.6 Å². The molecule has 0 fully saturated rings. The maximum Gasteiger partial charge on any atom is -0.00582 e. The van der Waals surface area contributed by atoms with Gasteiger partial charge in [-0.2, -0.15) is 0 Å². The maximum atomic E-state index is 3.65. The Morgan fingerprint density at radius 3 is 3.09 bits per heavy atom. The fourth-order valence-corrected chi connectivity index (χ4v) is 2.33. The number of rotatable bonds is 3. The lowest BCUT2D eigenvalue weighted by atomic mass is 9.91. The van der Waals surface area contributed by atoms with Gasteiger partial charge in [-0.15, -0.1) is 0 Å². The van der Waals surface area contributed by atoms with E-state index in [0.29, 0.717) is 0 Å². The molecule has 1 atom stereocenters. The van der Waals surface area contributed by atoms with E-state index < -0.39 is 0 Å². The van der Waals surface area contributed by atoms with Crippen LogP contribution >= 0.6 is 15.9 Å². The van der Waals surface area contributed by atoms with Crippen LogP contribution < -0.4 is 0 Å². The molecule has 11 heavy (non-hydrogen) atoms. The van der Waals surface area contributed by atoms with E-state index in [1.807, 2.05) is 0 Å². The molecular weight excluding hydrogens is 200 g/mol. The zero-order valence-electron chi connectivity index (χ0n) is 7.28. The number of hydrogen-bond acceptors (Lipinski definition) is 0. The molecule has 1 aliphatic rings. The molecule has 0 bridgehead atoms. The predicted octanol–water partition coefficient (Wildman–Crippen LogP) is 4.26. The first-order chi connectivity index (χ1) is 5.34. The predicted molar refractivity (Wildman–Crippen MR) is 53.9 cm³/mol. The van der Waals surface area contributed by atoms with Gasteiger partial charge in [0.15, 0.2) is 0 Å². The van der Waals surface area contributed by atoms with E-state index in [1.54, 1.807) is 0 Å². The normalized spacial score (nSPS) is 24.9. The largest absolute Gasteiger partial charge is 0.0741 e. The van der Waals surface area contributed by atoms with Crippen LogP contribution in [0.1, 0.15) is 45.4 Å². The minimum Gasteiger partial charge on any atom is -0.0741 e. The summed E-state index contributed by atoms with van der Waals surface area (Å²) in [6.07, 6.45) is 10.5. The summed E-state index contributed by atoms with van der Waals surface area (Å²) < 4.78 is 1.47.